The molecule has 0 radical (unpaired) electrons. The van der Waals surface area contributed by atoms with Crippen molar-refractivity contribution in [1.82, 2.24) is 9.80 Å². The van der Waals surface area contributed by atoms with Gasteiger partial charge in [-0.3, -0.25) is 9.69 Å². The second kappa shape index (κ2) is 6.92. The number of carbonyl (C=O) groups is 1. The number of rotatable bonds is 5. The lowest BCUT2D eigenvalue weighted by atomic mass is 9.99. The van der Waals surface area contributed by atoms with Gasteiger partial charge in [0, 0.05) is 32.6 Å². The predicted octanol–water partition coefficient (Wildman–Crippen LogP) is 1.09. The van der Waals surface area contributed by atoms with Crippen molar-refractivity contribution >= 4 is 11.7 Å². The Labute approximate surface area is 121 Å². The van der Waals surface area contributed by atoms with E-state index in [2.05, 4.69) is 23.9 Å². The predicted molar refractivity (Wildman–Crippen MR) is 79.7 cm³/mol. The summed E-state index contributed by atoms with van der Waals surface area (Å²) in [7, 11) is 0. The summed E-state index contributed by atoms with van der Waals surface area (Å²) in [4.78, 5) is 16.2. The zero-order valence-electron chi connectivity index (χ0n) is 13.1. The first-order chi connectivity index (χ1) is 9.32. The third-order valence-corrected chi connectivity index (χ3v) is 4.38. The molecular weight excluding hydrogens is 256 g/mol. The molecule has 20 heavy (non-hydrogen) atoms. The van der Waals surface area contributed by atoms with Gasteiger partial charge in [0.05, 0.1) is 5.54 Å². The van der Waals surface area contributed by atoms with Gasteiger partial charge in [0.25, 0.3) is 0 Å². The summed E-state index contributed by atoms with van der Waals surface area (Å²) in [5.41, 5.74) is 5.25. The monoisotopic (exact) mass is 284 g/mol. The van der Waals surface area contributed by atoms with Crippen LogP contribution >= 0.6 is 0 Å². The van der Waals surface area contributed by atoms with Gasteiger partial charge in [-0.1, -0.05) is 25.4 Å². The Morgan fingerprint density at radius 1 is 1.35 bits per heavy atom. The number of carbonyl (C=O) groups excluding carboxylic acids is 1. The van der Waals surface area contributed by atoms with Gasteiger partial charge < -0.3 is 15.8 Å². The highest BCUT2D eigenvalue weighted by molar-refractivity contribution is 5.88. The van der Waals surface area contributed by atoms with Crippen molar-refractivity contribution in [3.8, 4) is 0 Å². The molecule has 0 spiro atoms. The molecule has 1 heterocycles. The second-order valence-corrected chi connectivity index (χ2v) is 6.13. The zero-order chi connectivity index (χ0) is 15.3. The van der Waals surface area contributed by atoms with E-state index in [1.54, 1.807) is 0 Å². The molecule has 1 aliphatic rings. The smallest absolute Gasteiger partial charge is 0.222 e. The fourth-order valence-electron chi connectivity index (χ4n) is 2.37. The van der Waals surface area contributed by atoms with Gasteiger partial charge in [-0.2, -0.15) is 0 Å². The largest absolute Gasteiger partial charge is 0.409 e. The molecule has 0 saturated carbocycles. The number of hydrogen-bond donors (Lipinski definition) is 2. The average molecular weight is 284 g/mol. The summed E-state index contributed by atoms with van der Waals surface area (Å²) in [6.07, 6.45) is 1.66. The van der Waals surface area contributed by atoms with Gasteiger partial charge in [0.2, 0.25) is 5.91 Å². The van der Waals surface area contributed by atoms with Crippen LogP contribution in [0.5, 0.6) is 0 Å². The fourth-order valence-corrected chi connectivity index (χ4v) is 2.37. The lowest BCUT2D eigenvalue weighted by molar-refractivity contribution is -0.134. The van der Waals surface area contributed by atoms with E-state index in [-0.39, 0.29) is 11.7 Å². The summed E-state index contributed by atoms with van der Waals surface area (Å²) >= 11 is 0. The molecule has 3 N–H and O–H groups in total. The number of amidine groups is 1. The van der Waals surface area contributed by atoms with Crippen molar-refractivity contribution in [3.05, 3.63) is 0 Å². The maximum atomic E-state index is 12.1. The Morgan fingerprint density at radius 2 is 1.90 bits per heavy atom. The minimum Gasteiger partial charge on any atom is -0.409 e. The molecule has 0 bridgehead atoms. The fraction of sp³-hybridized carbons (Fsp3) is 0.857. The van der Waals surface area contributed by atoms with E-state index in [0.29, 0.717) is 25.4 Å². The van der Waals surface area contributed by atoms with Gasteiger partial charge in [-0.05, 0) is 19.8 Å². The van der Waals surface area contributed by atoms with E-state index in [9.17, 15) is 4.79 Å². The molecule has 6 heteroatoms. The Hall–Kier alpha value is -1.30. The van der Waals surface area contributed by atoms with Gasteiger partial charge in [0.15, 0.2) is 5.84 Å². The minimum atomic E-state index is -0.486. The molecule has 1 fully saturated rings. The average Bonchev–Trinajstić information content (AvgIpc) is 2.46. The van der Waals surface area contributed by atoms with Crippen LogP contribution in [0.2, 0.25) is 0 Å². The molecule has 1 saturated heterocycles. The highest BCUT2D eigenvalue weighted by atomic mass is 16.4. The van der Waals surface area contributed by atoms with Gasteiger partial charge in [0.1, 0.15) is 0 Å². The molecular formula is C14H28N4O2. The maximum Gasteiger partial charge on any atom is 0.222 e. The van der Waals surface area contributed by atoms with Crippen molar-refractivity contribution in [2.75, 3.05) is 26.2 Å². The van der Waals surface area contributed by atoms with E-state index in [1.807, 2.05) is 18.7 Å². The van der Waals surface area contributed by atoms with E-state index < -0.39 is 5.54 Å². The number of piperazine rings is 1. The Kier molecular flexibility index (Phi) is 5.80. The molecule has 1 aliphatic heterocycles. The normalized spacial score (nSPS) is 20.0. The zero-order valence-corrected chi connectivity index (χ0v) is 13.1. The molecule has 1 rings (SSSR count). The minimum absolute atomic E-state index is 0.205. The third kappa shape index (κ3) is 3.85. The molecule has 0 aliphatic carbocycles. The number of oxime groups is 1. The highest BCUT2D eigenvalue weighted by Gasteiger charge is 2.34. The first-order valence-electron chi connectivity index (χ1n) is 7.33. The molecule has 1 amide bonds. The first-order valence-corrected chi connectivity index (χ1v) is 7.33. The molecule has 0 aromatic rings. The van der Waals surface area contributed by atoms with E-state index in [1.165, 1.54) is 0 Å². The number of hydrogen-bond acceptors (Lipinski definition) is 4. The summed E-state index contributed by atoms with van der Waals surface area (Å²) in [6, 6.07) is 0. The van der Waals surface area contributed by atoms with Gasteiger partial charge in [-0.15, -0.1) is 0 Å². The summed E-state index contributed by atoms with van der Waals surface area (Å²) in [5.74, 6) is 0.881. The van der Waals surface area contributed by atoms with Crippen LogP contribution in [0.15, 0.2) is 5.16 Å². The number of nitrogens with two attached hydrogens (primary N) is 1. The molecule has 0 aromatic heterocycles. The second-order valence-electron chi connectivity index (χ2n) is 6.13. The molecule has 1 unspecified atom stereocenters. The van der Waals surface area contributed by atoms with E-state index in [4.69, 9.17) is 10.9 Å². The quantitative estimate of drug-likeness (QED) is 0.343. The third-order valence-electron chi connectivity index (χ3n) is 4.38. The van der Waals surface area contributed by atoms with Crippen LogP contribution in [0.25, 0.3) is 0 Å². The number of amides is 1. The molecule has 6 nitrogen and oxygen atoms in total. The van der Waals surface area contributed by atoms with Gasteiger partial charge in [-0.25, -0.2) is 0 Å². The van der Waals surface area contributed by atoms with Crippen molar-refractivity contribution < 1.29 is 10.0 Å². The van der Waals surface area contributed by atoms with E-state index >= 15 is 0 Å². The van der Waals surface area contributed by atoms with Crippen LogP contribution in [0, 0.1) is 5.92 Å². The first kappa shape index (κ1) is 16.8. The lowest BCUT2D eigenvalue weighted by Crippen LogP contribution is -2.60. The van der Waals surface area contributed by atoms with Gasteiger partial charge >= 0.3 is 0 Å². The Bertz CT molecular complexity index is 360. The molecule has 1 atom stereocenters. The van der Waals surface area contributed by atoms with Crippen LogP contribution in [0.4, 0.5) is 0 Å². The Morgan fingerprint density at radius 3 is 2.35 bits per heavy atom. The van der Waals surface area contributed by atoms with E-state index in [0.717, 1.165) is 19.5 Å². The van der Waals surface area contributed by atoms with Crippen LogP contribution in [-0.4, -0.2) is 58.5 Å². The van der Waals surface area contributed by atoms with Crippen LogP contribution in [0.3, 0.4) is 0 Å². The summed E-state index contributed by atoms with van der Waals surface area (Å²) in [5, 5.41) is 12.0. The van der Waals surface area contributed by atoms with Crippen LogP contribution < -0.4 is 5.73 Å². The topological polar surface area (TPSA) is 82.2 Å². The van der Waals surface area contributed by atoms with Crippen LogP contribution in [-0.2, 0) is 4.79 Å². The van der Waals surface area contributed by atoms with Crippen LogP contribution in [0.1, 0.15) is 40.5 Å². The van der Waals surface area contributed by atoms with Crippen molar-refractivity contribution in [3.63, 3.8) is 0 Å². The van der Waals surface area contributed by atoms with Crippen molar-refractivity contribution in [2.24, 2.45) is 16.8 Å². The lowest BCUT2D eigenvalue weighted by Gasteiger charge is -2.43. The summed E-state index contributed by atoms with van der Waals surface area (Å²) < 4.78 is 0. The molecule has 116 valence electrons. The standard InChI is InChI=1S/C14H28N4O2/c1-5-11(2)10-12(19)17-6-8-18(9-7-17)14(3,4)13(15)16-20/h11,20H,5-10H2,1-4H3,(H2,15,16). The summed E-state index contributed by atoms with van der Waals surface area (Å²) in [6.45, 7) is 11.0. The van der Waals surface area contributed by atoms with Crippen molar-refractivity contribution in [1.29, 1.82) is 0 Å². The Balaban J connectivity index is 2.54. The van der Waals surface area contributed by atoms with Crippen molar-refractivity contribution in [2.45, 2.75) is 46.1 Å². The highest BCUT2D eigenvalue weighted by Crippen LogP contribution is 2.18. The maximum absolute atomic E-state index is 12.1. The SMILES string of the molecule is CCC(C)CC(=O)N1CCN(C(C)(C)C(N)=NO)CC1. The molecule has 0 aromatic carbocycles. The number of nitrogens with zero attached hydrogens (tertiary/aromatic N) is 3.